The van der Waals surface area contributed by atoms with Gasteiger partial charge in [-0.3, -0.25) is 4.99 Å². The molecule has 3 nitrogen and oxygen atoms in total. The highest BCUT2D eigenvalue weighted by Crippen LogP contribution is 2.30. The van der Waals surface area contributed by atoms with Crippen LogP contribution >= 0.6 is 11.8 Å². The number of hydrogen-bond donors (Lipinski definition) is 1. The van der Waals surface area contributed by atoms with Crippen molar-refractivity contribution in [3.8, 4) is 0 Å². The number of aliphatic imine (C=N–C) groups is 1. The SMILES string of the molecule is CC1(C)CN=C(NC2CCN3CCCC3C2)SC1. The van der Waals surface area contributed by atoms with Crippen molar-refractivity contribution in [3.05, 3.63) is 0 Å². The molecule has 18 heavy (non-hydrogen) atoms. The normalized spacial score (nSPS) is 36.0. The quantitative estimate of drug-likeness (QED) is 0.790. The molecule has 1 N–H and O–H groups in total. The standard InChI is InChI=1S/C14H25N3S/c1-14(2)9-15-13(18-10-14)16-11-5-7-17-6-3-4-12(17)8-11/h11-12H,3-10H2,1-2H3,(H,15,16). The van der Waals surface area contributed by atoms with Gasteiger partial charge in [0.25, 0.3) is 0 Å². The fraction of sp³-hybridized carbons (Fsp3) is 0.929. The number of nitrogens with zero attached hydrogens (tertiary/aromatic N) is 2. The Morgan fingerprint density at radius 1 is 1.33 bits per heavy atom. The number of piperidine rings is 1. The summed E-state index contributed by atoms with van der Waals surface area (Å²) in [5.74, 6) is 1.20. The summed E-state index contributed by atoms with van der Waals surface area (Å²) in [4.78, 5) is 7.39. The molecule has 0 aromatic rings. The maximum Gasteiger partial charge on any atom is 0.156 e. The molecule has 3 aliphatic heterocycles. The number of thioether (sulfide) groups is 1. The lowest BCUT2D eigenvalue weighted by atomic mass is 9.97. The molecule has 2 atom stereocenters. The third-order valence-electron chi connectivity index (χ3n) is 4.40. The molecule has 3 aliphatic rings. The third kappa shape index (κ3) is 2.85. The van der Waals surface area contributed by atoms with Gasteiger partial charge in [-0.05, 0) is 37.6 Å². The van der Waals surface area contributed by atoms with E-state index in [1.54, 1.807) is 0 Å². The second-order valence-electron chi connectivity index (χ2n) is 6.77. The van der Waals surface area contributed by atoms with E-state index in [2.05, 4.69) is 24.1 Å². The van der Waals surface area contributed by atoms with E-state index in [9.17, 15) is 0 Å². The van der Waals surface area contributed by atoms with Crippen LogP contribution in [0, 0.1) is 5.41 Å². The van der Waals surface area contributed by atoms with Gasteiger partial charge in [-0.25, -0.2) is 0 Å². The molecule has 2 saturated heterocycles. The zero-order chi connectivity index (χ0) is 12.6. The van der Waals surface area contributed by atoms with Gasteiger partial charge in [0.1, 0.15) is 0 Å². The van der Waals surface area contributed by atoms with Gasteiger partial charge >= 0.3 is 0 Å². The molecule has 0 saturated carbocycles. The summed E-state index contributed by atoms with van der Waals surface area (Å²) in [7, 11) is 0. The van der Waals surface area contributed by atoms with E-state index in [4.69, 9.17) is 4.99 Å². The molecule has 3 rings (SSSR count). The van der Waals surface area contributed by atoms with E-state index in [-0.39, 0.29) is 0 Å². The first kappa shape index (κ1) is 12.8. The zero-order valence-electron chi connectivity index (χ0n) is 11.6. The second kappa shape index (κ2) is 5.04. The van der Waals surface area contributed by atoms with Crippen molar-refractivity contribution < 1.29 is 0 Å². The van der Waals surface area contributed by atoms with Crippen molar-refractivity contribution in [2.45, 2.75) is 51.6 Å². The van der Waals surface area contributed by atoms with Gasteiger partial charge in [-0.15, -0.1) is 0 Å². The fourth-order valence-electron chi connectivity index (χ4n) is 3.26. The van der Waals surface area contributed by atoms with Crippen molar-refractivity contribution >= 4 is 16.9 Å². The average Bonchev–Trinajstić information content (AvgIpc) is 2.79. The summed E-state index contributed by atoms with van der Waals surface area (Å²) >= 11 is 1.91. The number of hydrogen-bond acceptors (Lipinski definition) is 4. The number of amidine groups is 1. The van der Waals surface area contributed by atoms with Gasteiger partial charge in [0.05, 0.1) is 0 Å². The predicted molar refractivity (Wildman–Crippen MR) is 79.3 cm³/mol. The largest absolute Gasteiger partial charge is 0.362 e. The molecule has 3 heterocycles. The molecular weight excluding hydrogens is 242 g/mol. The summed E-state index contributed by atoms with van der Waals surface area (Å²) in [6.07, 6.45) is 5.43. The zero-order valence-corrected chi connectivity index (χ0v) is 12.4. The van der Waals surface area contributed by atoms with E-state index in [0.717, 1.165) is 12.6 Å². The minimum atomic E-state index is 0.380. The average molecular weight is 267 g/mol. The summed E-state index contributed by atoms with van der Waals surface area (Å²) < 4.78 is 0. The minimum Gasteiger partial charge on any atom is -0.362 e. The summed E-state index contributed by atoms with van der Waals surface area (Å²) in [6.45, 7) is 8.20. The summed E-state index contributed by atoms with van der Waals surface area (Å²) in [6, 6.07) is 1.51. The van der Waals surface area contributed by atoms with Crippen LogP contribution in [0.2, 0.25) is 0 Å². The molecule has 0 aliphatic carbocycles. The van der Waals surface area contributed by atoms with Crippen LogP contribution in [-0.4, -0.2) is 47.5 Å². The second-order valence-corrected chi connectivity index (χ2v) is 7.74. The molecule has 0 aromatic heterocycles. The maximum atomic E-state index is 4.72. The molecule has 4 heteroatoms. The van der Waals surface area contributed by atoms with Crippen LogP contribution in [0.15, 0.2) is 4.99 Å². The van der Waals surface area contributed by atoms with Crippen molar-refractivity contribution in [1.82, 2.24) is 10.2 Å². The molecule has 0 amide bonds. The van der Waals surface area contributed by atoms with Gasteiger partial charge < -0.3 is 10.2 Å². The molecule has 0 aromatic carbocycles. The van der Waals surface area contributed by atoms with Crippen LogP contribution in [-0.2, 0) is 0 Å². The highest BCUT2D eigenvalue weighted by Gasteiger charge is 2.32. The van der Waals surface area contributed by atoms with Crippen LogP contribution in [0.25, 0.3) is 0 Å². The van der Waals surface area contributed by atoms with Crippen molar-refractivity contribution in [3.63, 3.8) is 0 Å². The lowest BCUT2D eigenvalue weighted by molar-refractivity contribution is 0.175. The highest BCUT2D eigenvalue weighted by molar-refractivity contribution is 8.13. The Balaban J connectivity index is 1.53. The van der Waals surface area contributed by atoms with Crippen LogP contribution < -0.4 is 5.32 Å². The van der Waals surface area contributed by atoms with Crippen LogP contribution in [0.4, 0.5) is 0 Å². The Hall–Kier alpha value is -0.220. The Labute approximate surface area is 115 Å². The molecule has 102 valence electrons. The van der Waals surface area contributed by atoms with Gasteiger partial charge in [0.2, 0.25) is 0 Å². The van der Waals surface area contributed by atoms with Gasteiger partial charge in [-0.1, -0.05) is 25.6 Å². The molecule has 0 spiro atoms. The van der Waals surface area contributed by atoms with Crippen molar-refractivity contribution in [1.29, 1.82) is 0 Å². The Morgan fingerprint density at radius 3 is 3.00 bits per heavy atom. The Kier molecular flexibility index (Phi) is 3.59. The van der Waals surface area contributed by atoms with Gasteiger partial charge in [-0.2, -0.15) is 0 Å². The van der Waals surface area contributed by atoms with E-state index in [1.165, 1.54) is 49.7 Å². The van der Waals surface area contributed by atoms with E-state index in [0.29, 0.717) is 11.5 Å². The van der Waals surface area contributed by atoms with Crippen LogP contribution in [0.1, 0.15) is 39.5 Å². The van der Waals surface area contributed by atoms with Crippen molar-refractivity contribution in [2.24, 2.45) is 10.4 Å². The fourth-order valence-corrected chi connectivity index (χ4v) is 4.28. The highest BCUT2D eigenvalue weighted by atomic mass is 32.2. The Morgan fingerprint density at radius 2 is 2.22 bits per heavy atom. The third-order valence-corrected chi connectivity index (χ3v) is 5.84. The van der Waals surface area contributed by atoms with Crippen molar-refractivity contribution in [2.75, 3.05) is 25.4 Å². The first-order valence-electron chi connectivity index (χ1n) is 7.30. The van der Waals surface area contributed by atoms with Crippen LogP contribution in [0.3, 0.4) is 0 Å². The van der Waals surface area contributed by atoms with Gasteiger partial charge in [0, 0.05) is 30.9 Å². The summed E-state index contributed by atoms with van der Waals surface area (Å²) in [5, 5.41) is 4.89. The number of nitrogens with one attached hydrogen (secondary N) is 1. The molecular formula is C14H25N3S. The summed E-state index contributed by atoms with van der Waals surface area (Å²) in [5.41, 5.74) is 0.380. The number of fused-ring (bicyclic) bond motifs is 1. The van der Waals surface area contributed by atoms with E-state index >= 15 is 0 Å². The lowest BCUT2D eigenvalue weighted by Gasteiger charge is -2.36. The smallest absolute Gasteiger partial charge is 0.156 e. The van der Waals surface area contributed by atoms with Crippen LogP contribution in [0.5, 0.6) is 0 Å². The molecule has 2 fully saturated rings. The first-order chi connectivity index (χ1) is 8.62. The maximum absolute atomic E-state index is 4.72. The van der Waals surface area contributed by atoms with Gasteiger partial charge in [0.15, 0.2) is 5.17 Å². The monoisotopic (exact) mass is 267 g/mol. The molecule has 0 bridgehead atoms. The molecule has 0 radical (unpaired) electrons. The topological polar surface area (TPSA) is 27.6 Å². The van der Waals surface area contributed by atoms with E-state index < -0.39 is 0 Å². The first-order valence-corrected chi connectivity index (χ1v) is 8.29. The Bertz CT molecular complexity index is 340. The molecule has 2 unspecified atom stereocenters. The lowest BCUT2D eigenvalue weighted by Crippen LogP contribution is -2.47. The predicted octanol–water partition coefficient (Wildman–Crippen LogP) is 2.33. The minimum absolute atomic E-state index is 0.380. The van der Waals surface area contributed by atoms with E-state index in [1.807, 2.05) is 11.8 Å². The number of rotatable bonds is 1.